The third-order valence-corrected chi connectivity index (χ3v) is 13.4. The summed E-state index contributed by atoms with van der Waals surface area (Å²) >= 11 is -2.55. The van der Waals surface area contributed by atoms with Crippen molar-refractivity contribution in [3.63, 3.8) is 0 Å². The lowest BCUT2D eigenvalue weighted by atomic mass is 10.1. The topological polar surface area (TPSA) is 407 Å². The quantitative estimate of drug-likeness (QED) is 0.0217. The van der Waals surface area contributed by atoms with Crippen LogP contribution in [-0.2, 0) is 50.7 Å². The molecule has 26 nitrogen and oxygen atoms in total. The Balaban J connectivity index is 1.25. The smallest absolute Gasteiger partial charge is 0.355 e. The molecule has 1 aliphatic rings. The second-order valence-corrected chi connectivity index (χ2v) is 19.9. The molecule has 3 unspecified atom stereocenters. The van der Waals surface area contributed by atoms with Crippen LogP contribution in [-0.4, -0.2) is 120 Å². The molecule has 0 aromatic heterocycles. The minimum Gasteiger partial charge on any atom is -0.505 e. The average molecular weight is 1060 g/mol. The number of phenolic OH excluding ortho intramolecular Hbond substituents is 1. The molecule has 0 aliphatic carbocycles. The Morgan fingerprint density at radius 2 is 1.35 bits per heavy atom. The number of amides is 1. The summed E-state index contributed by atoms with van der Waals surface area (Å²) in [5.41, 5.74) is -2.61. The van der Waals surface area contributed by atoms with Gasteiger partial charge in [-0.25, -0.2) is 13.2 Å². The maximum Gasteiger partial charge on any atom is 0.355 e. The van der Waals surface area contributed by atoms with Crippen molar-refractivity contribution in [3.05, 3.63) is 91.0 Å². The van der Waals surface area contributed by atoms with Gasteiger partial charge in [0.25, 0.3) is 26.1 Å². The summed E-state index contributed by atoms with van der Waals surface area (Å²) in [4.78, 5) is 23.4. The first-order chi connectivity index (χ1) is 33.5. The van der Waals surface area contributed by atoms with E-state index in [9.17, 15) is 73.5 Å². The molecule has 30 heteroatoms. The van der Waals surface area contributed by atoms with Crippen LogP contribution >= 0.6 is 0 Å². The first-order valence-corrected chi connectivity index (χ1v) is 25.4. The first kappa shape index (κ1) is 51.3. The maximum atomic E-state index is 13.3. The van der Waals surface area contributed by atoms with E-state index in [1.54, 1.807) is 0 Å². The first-order valence-electron chi connectivity index (χ1n) is 19.7. The summed E-state index contributed by atoms with van der Waals surface area (Å²) < 4.78 is 126. The molecule has 1 aliphatic heterocycles. The number of carboxylic acid groups (broad SMARTS) is 1. The number of hydrogen-bond acceptors (Lipinski definition) is 20. The summed E-state index contributed by atoms with van der Waals surface area (Å²) in [7, 11) is -13.9. The Morgan fingerprint density at radius 1 is 0.746 bits per heavy atom. The average Bonchev–Trinajstić information content (AvgIpc) is 3.65. The lowest BCUT2D eigenvalue weighted by Gasteiger charge is -2.13. The number of hydrazone groups is 1. The number of aliphatic hydroxyl groups is 2. The number of hydrogen-bond donors (Lipinski definition) is 8. The molecular weight excluding hydrogens is 1020 g/mol. The number of aliphatic carboxylic acids is 1. The van der Waals surface area contributed by atoms with E-state index in [0.717, 1.165) is 30.3 Å². The van der Waals surface area contributed by atoms with Crippen LogP contribution in [0, 0.1) is 0 Å². The highest BCUT2D eigenvalue weighted by molar-refractivity contribution is 7.95. The Bertz CT molecular complexity index is 3670. The predicted molar refractivity (Wildman–Crippen MR) is 252 cm³/mol. The molecule has 1 amide bonds. The second-order valence-electron chi connectivity index (χ2n) is 14.5. The fourth-order valence-corrected chi connectivity index (χ4v) is 9.36. The van der Waals surface area contributed by atoms with Gasteiger partial charge in [0.1, 0.15) is 67.1 Å². The van der Waals surface area contributed by atoms with E-state index >= 15 is 0 Å². The number of aliphatic hydroxyl groups excluding tert-OH is 2. The summed E-state index contributed by atoms with van der Waals surface area (Å²) in [6.45, 7) is -1.87. The number of carbonyl (C=O) groups excluding carboxylic acids is 1. The number of aromatic hydroxyl groups is 1. The molecule has 370 valence electrons. The molecule has 0 bridgehead atoms. The Morgan fingerprint density at radius 3 is 1.92 bits per heavy atom. The molecule has 6 aromatic rings. The predicted octanol–water partition coefficient (Wildman–Crippen LogP) is 5.83. The molecule has 0 saturated heterocycles. The van der Waals surface area contributed by atoms with Crippen molar-refractivity contribution in [2.75, 3.05) is 31.4 Å². The van der Waals surface area contributed by atoms with Crippen molar-refractivity contribution in [1.29, 1.82) is 0 Å². The monoisotopic (exact) mass is 1050 g/mol. The Hall–Kier alpha value is -7.52. The normalized spacial score (nSPS) is 15.8. The molecule has 3 atom stereocenters. The molecule has 0 radical (unpaired) electrons. The summed E-state index contributed by atoms with van der Waals surface area (Å²) in [6.07, 6.45) is 0. The zero-order valence-corrected chi connectivity index (χ0v) is 38.9. The lowest BCUT2D eigenvalue weighted by Crippen LogP contribution is -2.33. The molecule has 0 saturated carbocycles. The maximum absolute atomic E-state index is 13.3. The van der Waals surface area contributed by atoms with Crippen molar-refractivity contribution in [1.82, 2.24) is 0 Å². The van der Waals surface area contributed by atoms with Crippen molar-refractivity contribution < 1.29 is 83.0 Å². The van der Waals surface area contributed by atoms with Crippen LogP contribution in [0.15, 0.2) is 146 Å². The van der Waals surface area contributed by atoms with Gasteiger partial charge >= 0.3 is 5.97 Å². The molecule has 71 heavy (non-hydrogen) atoms. The molecule has 8 N–H and O–H groups in total. The molecule has 6 aromatic carbocycles. The Kier molecular flexibility index (Phi) is 14.8. The van der Waals surface area contributed by atoms with Crippen LogP contribution in [0.4, 0.5) is 34.1 Å². The summed E-state index contributed by atoms with van der Waals surface area (Å²) in [5.74, 6) is -0.792. The number of benzene rings is 6. The van der Waals surface area contributed by atoms with Crippen LogP contribution in [0.5, 0.6) is 17.2 Å². The molecule has 0 spiro atoms. The number of nitrogens with zero attached hydrogens (tertiary/aromatic N) is 8. The van der Waals surface area contributed by atoms with E-state index in [1.165, 1.54) is 60.7 Å². The highest BCUT2D eigenvalue weighted by atomic mass is 32.2. The van der Waals surface area contributed by atoms with Crippen molar-refractivity contribution in [3.8, 4) is 17.2 Å². The number of anilines is 1. The van der Waals surface area contributed by atoms with Crippen molar-refractivity contribution in [2.24, 2.45) is 35.8 Å². The van der Waals surface area contributed by atoms with E-state index in [4.69, 9.17) is 9.47 Å². The van der Waals surface area contributed by atoms with Gasteiger partial charge in [-0.15, -0.1) is 20.5 Å². The highest BCUT2D eigenvalue weighted by Gasteiger charge is 2.41. The molecule has 0 fully saturated rings. The number of ether oxygens (including phenoxy) is 2. The third kappa shape index (κ3) is 11.1. The molecular formula is C41H34N8O18S4. The number of carboxylic acids is 1. The number of rotatable bonds is 18. The SMILES string of the molecule is C=S(=O)(O)c1ccc(N2N=C(C(=O)O)C(/N=N/c3ccc4c(O)c(/N=N/c5cc(OCCO)c(/N=N/c6ccc7c(S(=O)O)cccc7c6S(=O)(=O)O)cc5OCCO)c(S(=O)(=O)O)cc4c3)C2=O)cc1. The van der Waals surface area contributed by atoms with E-state index in [0.29, 0.717) is 5.01 Å². The van der Waals surface area contributed by atoms with Gasteiger partial charge in [0.15, 0.2) is 22.5 Å². The number of fused-ring (bicyclic) bond motifs is 2. The summed E-state index contributed by atoms with van der Waals surface area (Å²) in [6, 6.07) is 16.0. The van der Waals surface area contributed by atoms with Gasteiger partial charge in [-0.3, -0.25) is 13.9 Å². The highest BCUT2D eigenvalue weighted by Crippen LogP contribution is 2.46. The van der Waals surface area contributed by atoms with Crippen LogP contribution < -0.4 is 14.5 Å². The number of azo groups is 3. The minimum atomic E-state index is -5.24. The van der Waals surface area contributed by atoms with Crippen LogP contribution in [0.3, 0.4) is 0 Å². The van der Waals surface area contributed by atoms with Crippen LogP contribution in [0.2, 0.25) is 0 Å². The van der Waals surface area contributed by atoms with Crippen molar-refractivity contribution >= 4 is 120 Å². The van der Waals surface area contributed by atoms with Gasteiger partial charge in [0.05, 0.1) is 34.4 Å². The van der Waals surface area contributed by atoms with E-state index in [2.05, 4.69) is 41.7 Å². The third-order valence-electron chi connectivity index (χ3n) is 9.84. The second kappa shape index (κ2) is 20.4. The van der Waals surface area contributed by atoms with E-state index < -0.39 is 111 Å². The van der Waals surface area contributed by atoms with Gasteiger partial charge in [0, 0.05) is 28.3 Å². The summed E-state index contributed by atoms with van der Waals surface area (Å²) in [5, 5.41) is 68.3. The van der Waals surface area contributed by atoms with Crippen molar-refractivity contribution in [2.45, 2.75) is 25.6 Å². The Labute approximate surface area is 402 Å². The minimum absolute atomic E-state index is 0.00231. The van der Waals surface area contributed by atoms with Gasteiger partial charge in [-0.05, 0) is 71.9 Å². The largest absolute Gasteiger partial charge is 0.505 e. The molecule has 1 heterocycles. The lowest BCUT2D eigenvalue weighted by molar-refractivity contribution is -0.130. The van der Waals surface area contributed by atoms with Gasteiger partial charge in [-0.2, -0.15) is 37.2 Å². The van der Waals surface area contributed by atoms with Gasteiger partial charge in [0.2, 0.25) is 6.04 Å². The zero-order valence-electron chi connectivity index (χ0n) is 35.6. The van der Waals surface area contributed by atoms with E-state index in [1.807, 2.05) is 0 Å². The number of carbonyl (C=O) groups is 2. The van der Waals surface area contributed by atoms with Crippen LogP contribution in [0.25, 0.3) is 21.5 Å². The zero-order chi connectivity index (χ0) is 51.6. The fraction of sp³-hybridized carbons (Fsp3) is 0.122. The van der Waals surface area contributed by atoms with E-state index in [-0.39, 0.29) is 72.2 Å². The van der Waals surface area contributed by atoms with Gasteiger partial charge < -0.3 is 39.0 Å². The van der Waals surface area contributed by atoms with Gasteiger partial charge in [-0.1, -0.05) is 18.2 Å². The fourth-order valence-electron chi connectivity index (χ4n) is 6.75. The number of phenols is 1. The molecule has 7 rings (SSSR count). The standard InChI is InChI=1S/C41H34N8O18S4/c1-69(58,59)24-8-6-23(7-9-24)49-40(53)36(37(48-49)41(54)55)47-42-22-5-10-25-21(17-22)18-34(70(60,61)62)35(38(25)52)46-45-30-20-31(66-15-13-50)29(19-32(30)67-16-14-51)44-43-28-12-11-26-27(39(28)71(63,64)65)3-2-4-33(26)68(56)57/h2-12,17-20,36,50-52H,1,13-16H2,(H,54,55)(H,56,57)(H,58,59)(H,60,61,62)(H,63,64,65)/b44-43+,46-45+,47-42+. The van der Waals surface area contributed by atoms with Crippen LogP contribution in [0.1, 0.15) is 0 Å².